The molecule has 0 unspecified atom stereocenters. The Morgan fingerprint density at radius 1 is 1.00 bits per heavy atom. The highest BCUT2D eigenvalue weighted by Crippen LogP contribution is 2.23. The normalized spacial score (nSPS) is 13.3. The fourth-order valence-electron chi connectivity index (χ4n) is 3.70. The van der Waals surface area contributed by atoms with Gasteiger partial charge in [0.25, 0.3) is 5.56 Å². The zero-order valence-corrected chi connectivity index (χ0v) is 19.7. The number of hydrogen-bond donors (Lipinski definition) is 0. The van der Waals surface area contributed by atoms with Crippen LogP contribution >= 0.6 is 23.2 Å². The van der Waals surface area contributed by atoms with E-state index in [9.17, 15) is 9.59 Å². The number of benzene rings is 2. The summed E-state index contributed by atoms with van der Waals surface area (Å²) in [5.74, 6) is 0.492. The molecule has 2 aromatic carbocycles. The summed E-state index contributed by atoms with van der Waals surface area (Å²) >= 11 is 12.6. The minimum Gasteiger partial charge on any atom is -0.487 e. The number of rotatable bonds is 8. The standard InChI is InChI=1S/C25H24Cl2N2O4/c1-2-17-4-3-5-20(12-17)32-15-23-21(26)13-22(27)25(31)29(23)11-10-18-6-8-19(9-7-18)28-14-24(30)33-16-28/h3-9,12-13H,2,10-11,14-16H2,1H3. The number of halogens is 2. The summed E-state index contributed by atoms with van der Waals surface area (Å²) in [4.78, 5) is 26.0. The molecular weight excluding hydrogens is 463 g/mol. The van der Waals surface area contributed by atoms with Crippen LogP contribution in [0.15, 0.2) is 59.4 Å². The number of hydrogen-bond acceptors (Lipinski definition) is 5. The van der Waals surface area contributed by atoms with Gasteiger partial charge in [0, 0.05) is 12.2 Å². The second-order valence-electron chi connectivity index (χ2n) is 7.79. The van der Waals surface area contributed by atoms with E-state index in [2.05, 4.69) is 6.92 Å². The number of carbonyl (C=O) groups is 1. The van der Waals surface area contributed by atoms with Crippen molar-refractivity contribution in [2.75, 3.05) is 18.2 Å². The topological polar surface area (TPSA) is 60.8 Å². The van der Waals surface area contributed by atoms with Crippen molar-refractivity contribution in [2.24, 2.45) is 0 Å². The van der Waals surface area contributed by atoms with Crippen molar-refractivity contribution in [3.8, 4) is 5.75 Å². The van der Waals surface area contributed by atoms with Crippen LogP contribution in [0, 0.1) is 0 Å². The molecule has 1 saturated heterocycles. The SMILES string of the molecule is CCc1cccc(OCc2c(Cl)cc(Cl)c(=O)n2CCc2ccc(N3COC(=O)C3)cc2)c1. The van der Waals surface area contributed by atoms with Crippen molar-refractivity contribution in [2.45, 2.75) is 32.9 Å². The van der Waals surface area contributed by atoms with Gasteiger partial charge in [0.2, 0.25) is 0 Å². The predicted molar refractivity (Wildman–Crippen MR) is 129 cm³/mol. The van der Waals surface area contributed by atoms with Gasteiger partial charge >= 0.3 is 5.97 Å². The second-order valence-corrected chi connectivity index (χ2v) is 8.61. The molecule has 0 atom stereocenters. The molecule has 1 fully saturated rings. The highest BCUT2D eigenvalue weighted by molar-refractivity contribution is 6.34. The number of cyclic esters (lactones) is 1. The number of anilines is 1. The smallest absolute Gasteiger partial charge is 0.327 e. The Morgan fingerprint density at radius 2 is 1.79 bits per heavy atom. The maximum atomic E-state index is 12.8. The van der Waals surface area contributed by atoms with Crippen LogP contribution in [0.5, 0.6) is 5.75 Å². The zero-order valence-electron chi connectivity index (χ0n) is 18.2. The van der Waals surface area contributed by atoms with Crippen LogP contribution in [-0.4, -0.2) is 23.8 Å². The van der Waals surface area contributed by atoms with Crippen molar-refractivity contribution in [1.82, 2.24) is 4.57 Å². The molecule has 8 heteroatoms. The molecule has 1 aliphatic rings. The Labute approximate surface area is 202 Å². The number of pyridine rings is 1. The van der Waals surface area contributed by atoms with Crippen LogP contribution in [0.1, 0.15) is 23.7 Å². The molecule has 3 aromatic rings. The summed E-state index contributed by atoms with van der Waals surface area (Å²) in [5, 5.41) is 0.464. The number of aryl methyl sites for hydroxylation is 2. The van der Waals surface area contributed by atoms with Crippen LogP contribution in [0.2, 0.25) is 10.0 Å². The molecule has 172 valence electrons. The van der Waals surface area contributed by atoms with E-state index >= 15 is 0 Å². The van der Waals surface area contributed by atoms with Gasteiger partial charge in [-0.25, -0.2) is 0 Å². The van der Waals surface area contributed by atoms with Gasteiger partial charge in [0.05, 0.1) is 10.7 Å². The van der Waals surface area contributed by atoms with Crippen LogP contribution in [-0.2, 0) is 35.5 Å². The molecule has 2 heterocycles. The predicted octanol–water partition coefficient (Wildman–Crippen LogP) is 4.86. The molecule has 0 amide bonds. The maximum absolute atomic E-state index is 12.8. The highest BCUT2D eigenvalue weighted by Gasteiger charge is 2.20. The average molecular weight is 487 g/mol. The fourth-order valence-corrected chi connectivity index (χ4v) is 4.24. The zero-order chi connectivity index (χ0) is 23.4. The molecule has 0 bridgehead atoms. The quantitative estimate of drug-likeness (QED) is 0.425. The van der Waals surface area contributed by atoms with E-state index in [1.165, 1.54) is 11.6 Å². The van der Waals surface area contributed by atoms with Gasteiger partial charge in [0.1, 0.15) is 23.9 Å². The molecule has 0 saturated carbocycles. The first-order valence-corrected chi connectivity index (χ1v) is 11.5. The van der Waals surface area contributed by atoms with E-state index in [-0.39, 0.29) is 36.4 Å². The third kappa shape index (κ3) is 5.52. The molecule has 6 nitrogen and oxygen atoms in total. The Hall–Kier alpha value is -2.96. The lowest BCUT2D eigenvalue weighted by Crippen LogP contribution is -2.26. The van der Waals surface area contributed by atoms with Gasteiger partial charge in [-0.1, -0.05) is 54.4 Å². The second kappa shape index (κ2) is 10.3. The summed E-state index contributed by atoms with van der Waals surface area (Å²) in [6, 6.07) is 17.1. The third-order valence-electron chi connectivity index (χ3n) is 5.61. The van der Waals surface area contributed by atoms with Gasteiger partial charge in [0.15, 0.2) is 6.73 Å². The van der Waals surface area contributed by atoms with Crippen molar-refractivity contribution < 1.29 is 14.3 Å². The number of ether oxygens (including phenoxy) is 2. The summed E-state index contributed by atoms with van der Waals surface area (Å²) in [5.41, 5.74) is 3.40. The first-order valence-electron chi connectivity index (χ1n) is 10.7. The van der Waals surface area contributed by atoms with E-state index in [0.717, 1.165) is 23.4 Å². The summed E-state index contributed by atoms with van der Waals surface area (Å²) in [6.07, 6.45) is 1.51. The van der Waals surface area contributed by atoms with E-state index in [1.807, 2.05) is 53.4 Å². The molecule has 1 aliphatic heterocycles. The van der Waals surface area contributed by atoms with Crippen molar-refractivity contribution in [1.29, 1.82) is 0 Å². The monoisotopic (exact) mass is 486 g/mol. The van der Waals surface area contributed by atoms with Crippen LogP contribution in [0.3, 0.4) is 0 Å². The Morgan fingerprint density at radius 3 is 2.48 bits per heavy atom. The number of esters is 1. The lowest BCUT2D eigenvalue weighted by molar-refractivity contribution is -0.136. The number of carbonyl (C=O) groups excluding carboxylic acids is 1. The van der Waals surface area contributed by atoms with Crippen molar-refractivity contribution >= 4 is 34.9 Å². The van der Waals surface area contributed by atoms with Gasteiger partial charge in [-0.05, 0) is 54.3 Å². The Kier molecular flexibility index (Phi) is 7.26. The minimum atomic E-state index is -0.300. The third-order valence-corrected chi connectivity index (χ3v) is 6.21. The van der Waals surface area contributed by atoms with Crippen LogP contribution < -0.4 is 15.2 Å². The molecule has 1 aromatic heterocycles. The van der Waals surface area contributed by atoms with Gasteiger partial charge in [-0.2, -0.15) is 0 Å². The minimum absolute atomic E-state index is 0.0748. The Balaban J connectivity index is 1.49. The molecule has 0 spiro atoms. The highest BCUT2D eigenvalue weighted by atomic mass is 35.5. The van der Waals surface area contributed by atoms with Crippen molar-refractivity contribution in [3.63, 3.8) is 0 Å². The molecule has 0 N–H and O–H groups in total. The van der Waals surface area contributed by atoms with E-state index < -0.39 is 0 Å². The molecule has 33 heavy (non-hydrogen) atoms. The van der Waals surface area contributed by atoms with E-state index in [4.69, 9.17) is 32.7 Å². The molecule has 4 rings (SSSR count). The van der Waals surface area contributed by atoms with Crippen LogP contribution in [0.4, 0.5) is 5.69 Å². The van der Waals surface area contributed by atoms with E-state index in [1.54, 1.807) is 4.57 Å². The first-order chi connectivity index (χ1) is 15.9. The van der Waals surface area contributed by atoms with E-state index in [0.29, 0.717) is 23.7 Å². The summed E-state index contributed by atoms with van der Waals surface area (Å²) < 4.78 is 12.5. The first kappa shape index (κ1) is 23.2. The average Bonchev–Trinajstić information content (AvgIpc) is 3.26. The summed E-state index contributed by atoms with van der Waals surface area (Å²) in [6.45, 7) is 3.15. The molecular formula is C25H24Cl2N2O4. The Bertz CT molecular complexity index is 1210. The largest absolute Gasteiger partial charge is 0.487 e. The maximum Gasteiger partial charge on any atom is 0.327 e. The lowest BCUT2D eigenvalue weighted by Gasteiger charge is -2.17. The van der Waals surface area contributed by atoms with Gasteiger partial charge < -0.3 is 18.9 Å². The number of aromatic nitrogens is 1. The fraction of sp³-hybridized carbons (Fsp3) is 0.280. The molecule has 0 radical (unpaired) electrons. The van der Waals surface area contributed by atoms with Crippen molar-refractivity contribution in [3.05, 3.63) is 91.8 Å². The lowest BCUT2D eigenvalue weighted by atomic mass is 10.1. The summed E-state index contributed by atoms with van der Waals surface area (Å²) in [7, 11) is 0. The van der Waals surface area contributed by atoms with Gasteiger partial charge in [-0.3, -0.25) is 9.59 Å². The van der Waals surface area contributed by atoms with Gasteiger partial charge in [-0.15, -0.1) is 0 Å². The molecule has 0 aliphatic carbocycles. The number of nitrogens with zero attached hydrogens (tertiary/aromatic N) is 2. The van der Waals surface area contributed by atoms with Crippen LogP contribution in [0.25, 0.3) is 0 Å².